The van der Waals surface area contributed by atoms with Gasteiger partial charge in [-0.15, -0.1) is 0 Å². The Balaban J connectivity index is 2.29. The lowest BCUT2D eigenvalue weighted by molar-refractivity contribution is -0.137. The maximum atomic E-state index is 13.3. The van der Waals surface area contributed by atoms with Crippen molar-refractivity contribution < 1.29 is 24.3 Å². The van der Waals surface area contributed by atoms with E-state index in [0.29, 0.717) is 11.3 Å². The number of hydrogen-bond acceptors (Lipinski definition) is 5. The molecule has 2 aromatic carbocycles. The third-order valence-electron chi connectivity index (χ3n) is 5.02. The molecule has 0 spiro atoms. The lowest BCUT2D eigenvalue weighted by Crippen LogP contribution is -2.53. The van der Waals surface area contributed by atoms with E-state index in [9.17, 15) is 14.4 Å². The zero-order chi connectivity index (χ0) is 22.1. The summed E-state index contributed by atoms with van der Waals surface area (Å²) in [6.07, 6.45) is -0.0329. The van der Waals surface area contributed by atoms with Gasteiger partial charge < -0.3 is 15.4 Å². The minimum Gasteiger partial charge on any atom is -0.497 e. The largest absolute Gasteiger partial charge is 0.497 e. The monoisotopic (exact) mass is 413 g/mol. The molecule has 2 atom stereocenters. The van der Waals surface area contributed by atoms with E-state index in [0.717, 1.165) is 5.56 Å². The predicted octanol–water partition coefficient (Wildman–Crippen LogP) is 1.32. The maximum Gasteiger partial charge on any atom is 0.244 e. The van der Waals surface area contributed by atoms with E-state index in [1.807, 2.05) is 12.1 Å². The fourth-order valence-electron chi connectivity index (χ4n) is 3.18. The molecule has 0 heterocycles. The van der Waals surface area contributed by atoms with Crippen LogP contribution in [0.5, 0.6) is 5.75 Å². The number of hydrogen-bond donors (Lipinski definition) is 4. The summed E-state index contributed by atoms with van der Waals surface area (Å²) in [7, 11) is 3.06. The second-order valence-electron chi connectivity index (χ2n) is 7.10. The summed E-state index contributed by atoms with van der Waals surface area (Å²) in [4.78, 5) is 37.6. The molecular weight excluding hydrogens is 386 g/mol. The molecule has 160 valence electrons. The third-order valence-corrected chi connectivity index (χ3v) is 5.02. The van der Waals surface area contributed by atoms with Crippen molar-refractivity contribution in [3.05, 3.63) is 65.7 Å². The number of amides is 3. The number of likely N-dealkylation sites (N-methyl/N-ethyl adjacent to an activating group) is 1. The van der Waals surface area contributed by atoms with Crippen LogP contribution < -0.4 is 20.9 Å². The molecular formula is C22H27N3O5. The van der Waals surface area contributed by atoms with Crippen LogP contribution in [0.25, 0.3) is 0 Å². The van der Waals surface area contributed by atoms with Crippen molar-refractivity contribution in [3.63, 3.8) is 0 Å². The zero-order valence-corrected chi connectivity index (χ0v) is 17.3. The normalized spacial score (nSPS) is 13.5. The molecule has 8 heteroatoms. The van der Waals surface area contributed by atoms with Gasteiger partial charge in [0, 0.05) is 19.9 Å². The van der Waals surface area contributed by atoms with Crippen LogP contribution in [0.4, 0.5) is 0 Å². The molecule has 0 saturated heterocycles. The zero-order valence-electron chi connectivity index (χ0n) is 17.3. The SMILES string of the molecule is CNC(=O)[C@H](Cc1ccc(OC)cc1)NC(=O)C(C)(CC(=O)NO)c1ccccc1. The van der Waals surface area contributed by atoms with Crippen molar-refractivity contribution in [1.82, 2.24) is 16.1 Å². The Morgan fingerprint density at radius 3 is 2.23 bits per heavy atom. The van der Waals surface area contributed by atoms with Gasteiger partial charge in [0.25, 0.3) is 0 Å². The van der Waals surface area contributed by atoms with Gasteiger partial charge in [0.05, 0.1) is 12.5 Å². The molecule has 0 fully saturated rings. The first-order valence-electron chi connectivity index (χ1n) is 9.48. The fourth-order valence-corrected chi connectivity index (χ4v) is 3.18. The Morgan fingerprint density at radius 2 is 1.70 bits per heavy atom. The average molecular weight is 413 g/mol. The number of rotatable bonds is 9. The van der Waals surface area contributed by atoms with E-state index in [2.05, 4.69) is 10.6 Å². The quantitative estimate of drug-likeness (QED) is 0.365. The first-order valence-corrected chi connectivity index (χ1v) is 9.48. The topological polar surface area (TPSA) is 117 Å². The number of carbonyl (C=O) groups excluding carboxylic acids is 3. The van der Waals surface area contributed by atoms with Gasteiger partial charge in [-0.3, -0.25) is 19.6 Å². The Labute approximate surface area is 175 Å². The van der Waals surface area contributed by atoms with E-state index >= 15 is 0 Å². The highest BCUT2D eigenvalue weighted by atomic mass is 16.5. The molecule has 0 radical (unpaired) electrons. The Hall–Kier alpha value is -3.39. The summed E-state index contributed by atoms with van der Waals surface area (Å²) in [6, 6.07) is 15.1. The number of nitrogens with one attached hydrogen (secondary N) is 3. The lowest BCUT2D eigenvalue weighted by atomic mass is 9.78. The Bertz CT molecular complexity index is 870. The van der Waals surface area contributed by atoms with Gasteiger partial charge in [-0.05, 0) is 30.2 Å². The van der Waals surface area contributed by atoms with Crippen molar-refractivity contribution in [2.24, 2.45) is 0 Å². The first-order chi connectivity index (χ1) is 14.3. The number of hydroxylamine groups is 1. The van der Waals surface area contributed by atoms with Gasteiger partial charge in [0.15, 0.2) is 0 Å². The highest BCUT2D eigenvalue weighted by Crippen LogP contribution is 2.28. The molecule has 4 N–H and O–H groups in total. The van der Waals surface area contributed by atoms with Crippen molar-refractivity contribution >= 4 is 17.7 Å². The van der Waals surface area contributed by atoms with Crippen LogP contribution in [-0.4, -0.2) is 43.1 Å². The number of ether oxygens (including phenoxy) is 1. The summed E-state index contributed by atoms with van der Waals surface area (Å²) in [5.41, 5.74) is 1.70. The van der Waals surface area contributed by atoms with Gasteiger partial charge in [0.2, 0.25) is 17.7 Å². The highest BCUT2D eigenvalue weighted by Gasteiger charge is 2.39. The average Bonchev–Trinajstić information content (AvgIpc) is 2.78. The van der Waals surface area contributed by atoms with Gasteiger partial charge in [0.1, 0.15) is 11.8 Å². The molecule has 30 heavy (non-hydrogen) atoms. The number of methoxy groups -OCH3 is 1. The van der Waals surface area contributed by atoms with Crippen LogP contribution in [-0.2, 0) is 26.2 Å². The molecule has 0 aliphatic rings. The van der Waals surface area contributed by atoms with Gasteiger partial charge in [-0.1, -0.05) is 42.5 Å². The van der Waals surface area contributed by atoms with Gasteiger partial charge in [-0.25, -0.2) is 5.48 Å². The molecule has 0 aliphatic heterocycles. The Kier molecular flexibility index (Phi) is 7.94. The summed E-state index contributed by atoms with van der Waals surface area (Å²) < 4.78 is 5.14. The molecule has 0 aliphatic carbocycles. The highest BCUT2D eigenvalue weighted by molar-refractivity contribution is 5.96. The fraction of sp³-hybridized carbons (Fsp3) is 0.318. The number of benzene rings is 2. The van der Waals surface area contributed by atoms with Crippen LogP contribution in [0.2, 0.25) is 0 Å². The van der Waals surface area contributed by atoms with E-state index in [1.165, 1.54) is 7.05 Å². The van der Waals surface area contributed by atoms with Crippen LogP contribution in [0, 0.1) is 0 Å². The van der Waals surface area contributed by atoms with Crippen molar-refractivity contribution in [3.8, 4) is 5.75 Å². The summed E-state index contributed by atoms with van der Waals surface area (Å²) >= 11 is 0. The first kappa shape index (κ1) is 22.9. The molecule has 2 aromatic rings. The molecule has 2 rings (SSSR count). The molecule has 0 aromatic heterocycles. The molecule has 8 nitrogen and oxygen atoms in total. The standard InChI is InChI=1S/C22H27N3O5/c1-22(14-19(26)25-29,16-7-5-4-6-8-16)21(28)24-18(20(27)23-2)13-15-9-11-17(30-3)12-10-15/h4-12,18,29H,13-14H2,1-3H3,(H,23,27)(H,24,28)(H,25,26)/t18-,22?/m0/s1. The smallest absolute Gasteiger partial charge is 0.244 e. The van der Waals surface area contributed by atoms with Crippen LogP contribution >= 0.6 is 0 Å². The van der Waals surface area contributed by atoms with Gasteiger partial charge in [-0.2, -0.15) is 0 Å². The van der Waals surface area contributed by atoms with Crippen LogP contribution in [0.1, 0.15) is 24.5 Å². The van der Waals surface area contributed by atoms with Crippen molar-refractivity contribution in [1.29, 1.82) is 0 Å². The predicted molar refractivity (Wildman–Crippen MR) is 111 cm³/mol. The van der Waals surface area contributed by atoms with E-state index < -0.39 is 23.3 Å². The van der Waals surface area contributed by atoms with Crippen molar-refractivity contribution in [2.45, 2.75) is 31.2 Å². The Morgan fingerprint density at radius 1 is 1.07 bits per heavy atom. The maximum absolute atomic E-state index is 13.3. The van der Waals surface area contributed by atoms with Crippen LogP contribution in [0.15, 0.2) is 54.6 Å². The van der Waals surface area contributed by atoms with E-state index in [4.69, 9.17) is 9.94 Å². The molecule has 0 bridgehead atoms. The minimum absolute atomic E-state index is 0.256. The van der Waals surface area contributed by atoms with Crippen LogP contribution in [0.3, 0.4) is 0 Å². The third kappa shape index (κ3) is 5.57. The molecule has 1 unspecified atom stereocenters. The van der Waals surface area contributed by atoms with E-state index in [-0.39, 0.29) is 18.7 Å². The molecule has 0 saturated carbocycles. The second kappa shape index (κ2) is 10.4. The van der Waals surface area contributed by atoms with Gasteiger partial charge >= 0.3 is 0 Å². The molecule has 3 amide bonds. The summed E-state index contributed by atoms with van der Waals surface area (Å²) in [5, 5.41) is 14.3. The second-order valence-corrected chi connectivity index (χ2v) is 7.10. The lowest BCUT2D eigenvalue weighted by Gasteiger charge is -2.30. The minimum atomic E-state index is -1.29. The summed E-state index contributed by atoms with van der Waals surface area (Å²) in [5.74, 6) is -0.880. The number of carbonyl (C=O) groups is 3. The van der Waals surface area contributed by atoms with E-state index in [1.54, 1.807) is 62.0 Å². The summed E-state index contributed by atoms with van der Waals surface area (Å²) in [6.45, 7) is 1.60. The van der Waals surface area contributed by atoms with Crippen molar-refractivity contribution in [2.75, 3.05) is 14.2 Å².